The molecule has 0 atom stereocenters. The van der Waals surface area contributed by atoms with E-state index in [0.29, 0.717) is 6.54 Å². The lowest BCUT2D eigenvalue weighted by molar-refractivity contribution is -0.159. The molecule has 2 heterocycles. The van der Waals surface area contributed by atoms with Crippen LogP contribution in [0.2, 0.25) is 0 Å². The average Bonchev–Trinajstić information content (AvgIpc) is 2.77. The summed E-state index contributed by atoms with van der Waals surface area (Å²) in [7, 11) is 0. The normalized spacial score (nSPS) is 14.1. The van der Waals surface area contributed by atoms with Gasteiger partial charge in [0, 0.05) is 44.3 Å². The number of carboxylic acids is 2. The molecule has 0 amide bonds. The number of aliphatic carboxylic acids is 2. The highest BCUT2D eigenvalue weighted by Gasteiger charge is 2.20. The van der Waals surface area contributed by atoms with Crippen LogP contribution in [0.3, 0.4) is 0 Å². The molecule has 9 heteroatoms. The number of aromatic nitrogens is 1. The van der Waals surface area contributed by atoms with Gasteiger partial charge in [-0.2, -0.15) is 0 Å². The highest BCUT2D eigenvalue weighted by atomic mass is 19.2. The summed E-state index contributed by atoms with van der Waals surface area (Å²) in [4.78, 5) is 27.3. The molecule has 31 heavy (non-hydrogen) atoms. The van der Waals surface area contributed by atoms with Gasteiger partial charge >= 0.3 is 11.9 Å². The Morgan fingerprint density at radius 3 is 2.23 bits per heavy atom. The van der Waals surface area contributed by atoms with Crippen LogP contribution in [0, 0.1) is 11.6 Å². The third-order valence-corrected chi connectivity index (χ3v) is 4.90. The van der Waals surface area contributed by atoms with Gasteiger partial charge in [-0.3, -0.25) is 4.90 Å². The summed E-state index contributed by atoms with van der Waals surface area (Å²) in [5.41, 5.74) is 0.802. The largest absolute Gasteiger partial charge is 0.473 e. The number of benzene rings is 2. The molecular weight excluding hydrogens is 408 g/mol. The van der Waals surface area contributed by atoms with E-state index in [1.165, 1.54) is 22.9 Å². The van der Waals surface area contributed by atoms with Gasteiger partial charge in [0.1, 0.15) is 5.82 Å². The van der Waals surface area contributed by atoms with Crippen molar-refractivity contribution in [3.63, 3.8) is 0 Å². The number of halogens is 2. The van der Waals surface area contributed by atoms with Crippen molar-refractivity contribution in [2.45, 2.75) is 6.54 Å². The maximum absolute atomic E-state index is 13.4. The Labute approximate surface area is 177 Å². The first kappa shape index (κ1) is 22.1. The Bertz CT molecular complexity index is 1070. The standard InChI is InChI=1S/C20H19F2N3.C2H2O4/c21-18-6-5-15(13-19(18)22)14-24-9-11-25(12-10-24)20-17-4-2-1-3-16(17)7-8-23-20;3-1(4)2(5)6/h1-8,13H,9-12,14H2;(H,3,4)(H,5,6). The predicted molar refractivity (Wildman–Crippen MR) is 111 cm³/mol. The summed E-state index contributed by atoms with van der Waals surface area (Å²) in [5, 5.41) is 17.1. The quantitative estimate of drug-likeness (QED) is 0.618. The number of nitrogens with zero attached hydrogens (tertiary/aromatic N) is 3. The van der Waals surface area contributed by atoms with Crippen LogP contribution >= 0.6 is 0 Å². The molecule has 2 N–H and O–H groups in total. The third kappa shape index (κ3) is 5.73. The minimum atomic E-state index is -1.82. The topological polar surface area (TPSA) is 94.0 Å². The van der Waals surface area contributed by atoms with Gasteiger partial charge < -0.3 is 15.1 Å². The van der Waals surface area contributed by atoms with Gasteiger partial charge in [-0.15, -0.1) is 0 Å². The molecule has 1 aromatic heterocycles. The maximum Gasteiger partial charge on any atom is 0.414 e. The van der Waals surface area contributed by atoms with Gasteiger partial charge in [0.15, 0.2) is 11.6 Å². The van der Waals surface area contributed by atoms with Crippen LogP contribution in [0.5, 0.6) is 0 Å². The summed E-state index contributed by atoms with van der Waals surface area (Å²) in [6, 6.07) is 14.4. The van der Waals surface area contributed by atoms with Gasteiger partial charge in [-0.25, -0.2) is 23.4 Å². The van der Waals surface area contributed by atoms with Gasteiger partial charge in [0.25, 0.3) is 0 Å². The van der Waals surface area contributed by atoms with Crippen molar-refractivity contribution in [1.82, 2.24) is 9.88 Å². The first-order valence-electron chi connectivity index (χ1n) is 9.56. The van der Waals surface area contributed by atoms with E-state index in [-0.39, 0.29) is 0 Å². The van der Waals surface area contributed by atoms with Crippen LogP contribution < -0.4 is 4.90 Å². The fourth-order valence-electron chi connectivity index (χ4n) is 3.37. The number of hydrogen-bond donors (Lipinski definition) is 2. The smallest absolute Gasteiger partial charge is 0.414 e. The zero-order valence-corrected chi connectivity index (χ0v) is 16.5. The highest BCUT2D eigenvalue weighted by molar-refractivity contribution is 6.27. The van der Waals surface area contributed by atoms with E-state index in [1.54, 1.807) is 6.07 Å². The van der Waals surface area contributed by atoms with Crippen molar-refractivity contribution in [3.8, 4) is 0 Å². The van der Waals surface area contributed by atoms with E-state index in [4.69, 9.17) is 19.8 Å². The van der Waals surface area contributed by atoms with E-state index in [9.17, 15) is 8.78 Å². The van der Waals surface area contributed by atoms with Crippen LogP contribution in [-0.2, 0) is 16.1 Å². The highest BCUT2D eigenvalue weighted by Crippen LogP contribution is 2.25. The molecule has 0 aliphatic carbocycles. The van der Waals surface area contributed by atoms with Gasteiger partial charge in [0.05, 0.1) is 0 Å². The predicted octanol–water partition coefficient (Wildman–Crippen LogP) is 2.99. The molecule has 0 spiro atoms. The zero-order valence-electron chi connectivity index (χ0n) is 16.5. The number of anilines is 1. The Kier molecular flexibility index (Phi) is 7.09. The molecule has 162 valence electrons. The summed E-state index contributed by atoms with van der Waals surface area (Å²) < 4.78 is 26.4. The molecule has 1 aliphatic heterocycles. The van der Waals surface area contributed by atoms with Crippen molar-refractivity contribution in [1.29, 1.82) is 0 Å². The fraction of sp³-hybridized carbons (Fsp3) is 0.227. The second-order valence-electron chi connectivity index (χ2n) is 6.98. The van der Waals surface area contributed by atoms with Gasteiger partial charge in [0.2, 0.25) is 0 Å². The van der Waals surface area contributed by atoms with Crippen LogP contribution in [0.25, 0.3) is 10.8 Å². The molecular formula is C22H21F2N3O4. The lowest BCUT2D eigenvalue weighted by Crippen LogP contribution is -2.46. The number of fused-ring (bicyclic) bond motifs is 1. The number of carbonyl (C=O) groups is 2. The second-order valence-corrected chi connectivity index (χ2v) is 6.98. The molecule has 0 unspecified atom stereocenters. The van der Waals surface area contributed by atoms with E-state index >= 15 is 0 Å². The molecule has 1 fully saturated rings. The van der Waals surface area contributed by atoms with Crippen molar-refractivity contribution in [3.05, 3.63) is 71.9 Å². The first-order chi connectivity index (χ1) is 14.8. The molecule has 1 saturated heterocycles. The Hall–Kier alpha value is -3.59. The number of rotatable bonds is 3. The summed E-state index contributed by atoms with van der Waals surface area (Å²) in [5.74, 6) is -4.21. The van der Waals surface area contributed by atoms with Crippen molar-refractivity contribution in [2.75, 3.05) is 31.1 Å². The van der Waals surface area contributed by atoms with Crippen LogP contribution in [0.4, 0.5) is 14.6 Å². The van der Waals surface area contributed by atoms with Crippen LogP contribution in [0.15, 0.2) is 54.7 Å². The molecule has 7 nitrogen and oxygen atoms in total. The van der Waals surface area contributed by atoms with E-state index in [2.05, 4.69) is 26.9 Å². The molecule has 0 saturated carbocycles. The lowest BCUT2D eigenvalue weighted by atomic mass is 10.1. The molecule has 1 aliphatic rings. The summed E-state index contributed by atoms with van der Waals surface area (Å²) >= 11 is 0. The van der Waals surface area contributed by atoms with Crippen molar-refractivity contribution >= 4 is 28.5 Å². The molecule has 0 bridgehead atoms. The first-order valence-corrected chi connectivity index (χ1v) is 9.56. The molecule has 3 aromatic rings. The monoisotopic (exact) mass is 429 g/mol. The van der Waals surface area contributed by atoms with E-state index < -0.39 is 23.6 Å². The molecule has 0 radical (unpaired) electrons. The van der Waals surface area contributed by atoms with E-state index in [0.717, 1.165) is 37.6 Å². The number of carboxylic acid groups (broad SMARTS) is 2. The number of piperazine rings is 1. The summed E-state index contributed by atoms with van der Waals surface area (Å²) in [6.07, 6.45) is 1.85. The maximum atomic E-state index is 13.4. The molecule has 2 aromatic carbocycles. The van der Waals surface area contributed by atoms with Crippen molar-refractivity contribution in [2.24, 2.45) is 0 Å². The average molecular weight is 429 g/mol. The van der Waals surface area contributed by atoms with Crippen molar-refractivity contribution < 1.29 is 28.6 Å². The van der Waals surface area contributed by atoms with Gasteiger partial charge in [-0.05, 0) is 29.1 Å². The Morgan fingerprint density at radius 1 is 0.903 bits per heavy atom. The number of hydrogen-bond acceptors (Lipinski definition) is 5. The Balaban J connectivity index is 0.000000401. The Morgan fingerprint density at radius 2 is 1.58 bits per heavy atom. The van der Waals surface area contributed by atoms with Crippen LogP contribution in [-0.4, -0.2) is 58.2 Å². The SMILES string of the molecule is Fc1ccc(CN2CCN(c3nccc4ccccc34)CC2)cc1F.O=C(O)C(=O)O. The zero-order chi connectivity index (χ0) is 22.4. The minimum Gasteiger partial charge on any atom is -0.473 e. The number of pyridine rings is 1. The minimum absolute atomic E-state index is 0.633. The summed E-state index contributed by atoms with van der Waals surface area (Å²) in [6.45, 7) is 4.09. The fourth-order valence-corrected chi connectivity index (χ4v) is 3.37. The lowest BCUT2D eigenvalue weighted by Gasteiger charge is -2.35. The third-order valence-electron chi connectivity index (χ3n) is 4.90. The van der Waals surface area contributed by atoms with Crippen LogP contribution in [0.1, 0.15) is 5.56 Å². The molecule has 4 rings (SSSR count). The van der Waals surface area contributed by atoms with Gasteiger partial charge in [-0.1, -0.05) is 30.3 Å². The van der Waals surface area contributed by atoms with E-state index in [1.807, 2.05) is 24.4 Å². The second kappa shape index (κ2) is 9.94.